The lowest BCUT2D eigenvalue weighted by atomic mass is 9.98. The van der Waals surface area contributed by atoms with Crippen LogP contribution in [0.1, 0.15) is 35.6 Å². The molecule has 0 spiro atoms. The number of hydrogen-bond acceptors (Lipinski definition) is 6. The number of thioether (sulfide) groups is 1. The van der Waals surface area contributed by atoms with Crippen molar-refractivity contribution in [1.82, 2.24) is 5.01 Å². The van der Waals surface area contributed by atoms with Crippen molar-refractivity contribution in [2.24, 2.45) is 10.1 Å². The summed E-state index contributed by atoms with van der Waals surface area (Å²) in [5, 5.41) is 9.51. The minimum atomic E-state index is -0.590. The van der Waals surface area contributed by atoms with E-state index in [4.69, 9.17) is 9.84 Å². The highest BCUT2D eigenvalue weighted by atomic mass is 32.2. The molecule has 7 nitrogen and oxygen atoms in total. The highest BCUT2D eigenvalue weighted by Crippen LogP contribution is 2.38. The van der Waals surface area contributed by atoms with Crippen molar-refractivity contribution in [3.05, 3.63) is 95.6 Å². The zero-order chi connectivity index (χ0) is 25.1. The Kier molecular flexibility index (Phi) is 6.86. The number of rotatable bonds is 6. The van der Waals surface area contributed by atoms with Crippen LogP contribution >= 0.6 is 11.8 Å². The van der Waals surface area contributed by atoms with Crippen LogP contribution in [0.15, 0.2) is 89.0 Å². The number of anilines is 1. The number of nitrogens with zero attached hydrogens (tertiary/aromatic N) is 3. The highest BCUT2D eigenvalue weighted by Gasteiger charge is 2.39. The fourth-order valence-electron chi connectivity index (χ4n) is 4.20. The fraction of sp³-hybridized carbons (Fsp3) is 0.214. The van der Waals surface area contributed by atoms with Crippen LogP contribution < -0.4 is 10.1 Å². The van der Waals surface area contributed by atoms with Gasteiger partial charge in [0.15, 0.2) is 5.17 Å². The molecule has 5 rings (SSSR count). The van der Waals surface area contributed by atoms with Crippen molar-refractivity contribution >= 4 is 40.1 Å². The first-order valence-electron chi connectivity index (χ1n) is 11.7. The molecule has 0 saturated carbocycles. The number of benzene rings is 3. The number of hydrogen-bond donors (Lipinski definition) is 1. The second-order valence-corrected chi connectivity index (χ2v) is 9.88. The molecular weight excluding hydrogens is 472 g/mol. The zero-order valence-electron chi connectivity index (χ0n) is 20.0. The van der Waals surface area contributed by atoms with Crippen LogP contribution in [0.25, 0.3) is 0 Å². The third-order valence-corrected chi connectivity index (χ3v) is 7.29. The van der Waals surface area contributed by atoms with Gasteiger partial charge in [-0.3, -0.25) is 9.59 Å². The van der Waals surface area contributed by atoms with Crippen LogP contribution in [0.4, 0.5) is 5.69 Å². The van der Waals surface area contributed by atoms with Crippen molar-refractivity contribution in [2.75, 3.05) is 12.4 Å². The summed E-state index contributed by atoms with van der Waals surface area (Å²) in [6, 6.07) is 25.4. The Morgan fingerprint density at radius 2 is 1.78 bits per heavy atom. The average Bonchev–Trinajstić information content (AvgIpc) is 3.49. The van der Waals surface area contributed by atoms with Crippen LogP contribution in [0, 0.1) is 6.92 Å². The number of ether oxygens (including phenoxy) is 1. The summed E-state index contributed by atoms with van der Waals surface area (Å²) in [5.74, 6) is 0.148. The van der Waals surface area contributed by atoms with E-state index in [1.165, 1.54) is 17.3 Å². The van der Waals surface area contributed by atoms with Gasteiger partial charge >= 0.3 is 0 Å². The van der Waals surface area contributed by atoms with Crippen LogP contribution in [-0.2, 0) is 9.59 Å². The second kappa shape index (κ2) is 10.4. The summed E-state index contributed by atoms with van der Waals surface area (Å²) >= 11 is 1.30. The molecule has 0 saturated heterocycles. The van der Waals surface area contributed by atoms with E-state index in [1.54, 1.807) is 31.4 Å². The predicted molar refractivity (Wildman–Crippen MR) is 143 cm³/mol. The minimum Gasteiger partial charge on any atom is -0.497 e. The largest absolute Gasteiger partial charge is 0.497 e. The lowest BCUT2D eigenvalue weighted by Crippen LogP contribution is -2.25. The van der Waals surface area contributed by atoms with Gasteiger partial charge in [-0.1, -0.05) is 71.9 Å². The number of nitrogens with one attached hydrogen (secondary N) is 1. The van der Waals surface area contributed by atoms with E-state index in [2.05, 4.69) is 53.6 Å². The highest BCUT2D eigenvalue weighted by molar-refractivity contribution is 8.15. The quantitative estimate of drug-likeness (QED) is 0.506. The predicted octanol–water partition coefficient (Wildman–Crippen LogP) is 5.18. The molecule has 1 N–H and O–H groups in total. The van der Waals surface area contributed by atoms with Gasteiger partial charge < -0.3 is 10.1 Å². The number of methoxy groups -OCH3 is 1. The van der Waals surface area contributed by atoms with Gasteiger partial charge in [0.1, 0.15) is 11.0 Å². The summed E-state index contributed by atoms with van der Waals surface area (Å²) in [6.45, 7) is 2.06. The van der Waals surface area contributed by atoms with Gasteiger partial charge in [0, 0.05) is 18.5 Å². The van der Waals surface area contributed by atoms with E-state index in [-0.39, 0.29) is 24.3 Å². The Morgan fingerprint density at radius 3 is 2.47 bits per heavy atom. The number of amides is 2. The molecule has 2 atom stereocenters. The maximum Gasteiger partial charge on any atom is 0.262 e. The van der Waals surface area contributed by atoms with Crippen molar-refractivity contribution in [3.8, 4) is 5.75 Å². The molecule has 36 heavy (non-hydrogen) atoms. The normalized spacial score (nSPS) is 19.2. The number of aliphatic imine (C=N–C) groups is 1. The number of hydrazone groups is 1. The molecule has 2 unspecified atom stereocenters. The lowest BCUT2D eigenvalue weighted by Gasteiger charge is -2.23. The van der Waals surface area contributed by atoms with E-state index in [0.717, 1.165) is 16.8 Å². The van der Waals surface area contributed by atoms with Gasteiger partial charge in [0.05, 0.1) is 18.9 Å². The van der Waals surface area contributed by atoms with Crippen molar-refractivity contribution in [1.29, 1.82) is 0 Å². The third-order valence-electron chi connectivity index (χ3n) is 6.15. The molecule has 0 bridgehead atoms. The molecule has 0 aromatic heterocycles. The van der Waals surface area contributed by atoms with Gasteiger partial charge in [0.25, 0.3) is 5.91 Å². The van der Waals surface area contributed by atoms with Gasteiger partial charge in [-0.15, -0.1) is 0 Å². The molecular formula is C28H26N4O3S. The first-order valence-corrected chi connectivity index (χ1v) is 12.6. The molecule has 3 aromatic carbocycles. The Hall–Kier alpha value is -3.91. The third kappa shape index (κ3) is 5.18. The molecule has 8 heteroatoms. The maximum atomic E-state index is 12.8. The zero-order valence-corrected chi connectivity index (χ0v) is 20.9. The van der Waals surface area contributed by atoms with Crippen molar-refractivity contribution in [2.45, 2.75) is 31.1 Å². The first-order chi connectivity index (χ1) is 17.5. The van der Waals surface area contributed by atoms with E-state index < -0.39 is 5.25 Å². The van der Waals surface area contributed by atoms with Crippen LogP contribution in [-0.4, -0.2) is 40.1 Å². The number of amidine groups is 1. The van der Waals surface area contributed by atoms with E-state index in [9.17, 15) is 9.59 Å². The topological polar surface area (TPSA) is 83.4 Å². The summed E-state index contributed by atoms with van der Waals surface area (Å²) in [4.78, 5) is 29.7. The number of carbonyl (C=O) groups excluding carboxylic acids is 2. The fourth-order valence-corrected chi connectivity index (χ4v) is 5.26. The van der Waals surface area contributed by atoms with Crippen molar-refractivity contribution in [3.63, 3.8) is 0 Å². The molecule has 2 aliphatic heterocycles. The molecule has 182 valence electrons. The summed E-state index contributed by atoms with van der Waals surface area (Å²) < 4.78 is 5.15. The monoisotopic (exact) mass is 498 g/mol. The van der Waals surface area contributed by atoms with E-state index >= 15 is 0 Å². The molecule has 2 amide bonds. The Morgan fingerprint density at radius 1 is 1.06 bits per heavy atom. The second-order valence-electron chi connectivity index (χ2n) is 8.71. The first kappa shape index (κ1) is 23.8. The van der Waals surface area contributed by atoms with Gasteiger partial charge in [0.2, 0.25) is 5.91 Å². The SMILES string of the molecule is COc1ccc(NC(=O)CC2SC(N3N=C(c4ccc(C)cc4)CC3c3ccccc3)=NC2=O)cc1. The van der Waals surface area contributed by atoms with Gasteiger partial charge in [-0.25, -0.2) is 5.01 Å². The smallest absolute Gasteiger partial charge is 0.262 e. The molecule has 0 aliphatic carbocycles. The average molecular weight is 499 g/mol. The maximum absolute atomic E-state index is 12.8. The standard InChI is InChI=1S/C28H26N4O3S/c1-18-8-10-19(11-9-18)23-16-24(20-6-4-3-5-7-20)32(31-23)28-30-27(34)25(36-28)17-26(33)29-21-12-14-22(35-2)15-13-21/h3-15,24-25H,16-17H2,1-2H3,(H,29,33). The van der Waals surface area contributed by atoms with Crippen LogP contribution in [0.3, 0.4) is 0 Å². The van der Waals surface area contributed by atoms with E-state index in [0.29, 0.717) is 23.0 Å². The molecule has 2 aliphatic rings. The van der Waals surface area contributed by atoms with Crippen LogP contribution in [0.5, 0.6) is 5.75 Å². The van der Waals surface area contributed by atoms with Gasteiger partial charge in [-0.05, 0) is 42.3 Å². The summed E-state index contributed by atoms with van der Waals surface area (Å²) in [6.07, 6.45) is 0.727. The van der Waals surface area contributed by atoms with E-state index in [1.807, 2.05) is 23.2 Å². The minimum absolute atomic E-state index is 0.0287. The lowest BCUT2D eigenvalue weighted by molar-refractivity contribution is -0.121. The number of carbonyl (C=O) groups is 2. The molecule has 2 heterocycles. The Balaban J connectivity index is 1.32. The van der Waals surface area contributed by atoms with Crippen molar-refractivity contribution < 1.29 is 14.3 Å². The molecule has 3 aromatic rings. The molecule has 0 fully saturated rings. The van der Waals surface area contributed by atoms with Gasteiger partial charge in [-0.2, -0.15) is 10.1 Å². The Bertz CT molecular complexity index is 1320. The van der Waals surface area contributed by atoms with Crippen LogP contribution in [0.2, 0.25) is 0 Å². The Labute approximate surface area is 214 Å². The summed E-state index contributed by atoms with van der Waals surface area (Å²) in [7, 11) is 1.59. The number of aryl methyl sites for hydroxylation is 1. The summed E-state index contributed by atoms with van der Waals surface area (Å²) in [5.41, 5.74) is 4.92. The molecule has 0 radical (unpaired) electrons.